The van der Waals surface area contributed by atoms with Gasteiger partial charge in [0.25, 0.3) is 5.91 Å². The fourth-order valence-electron chi connectivity index (χ4n) is 2.67. The van der Waals surface area contributed by atoms with Gasteiger partial charge in [0.05, 0.1) is 11.2 Å². The summed E-state index contributed by atoms with van der Waals surface area (Å²) in [5.74, 6) is 0.436. The van der Waals surface area contributed by atoms with Crippen LogP contribution in [0.5, 0.6) is 5.75 Å². The zero-order valence-electron chi connectivity index (χ0n) is 16.1. The average molecular weight is 435 g/mol. The number of nitrogens with zero attached hydrogens (tertiary/aromatic N) is 3. The predicted molar refractivity (Wildman–Crippen MR) is 118 cm³/mol. The lowest BCUT2D eigenvalue weighted by Gasteiger charge is -2.11. The molecule has 0 saturated carbocycles. The van der Waals surface area contributed by atoms with Gasteiger partial charge in [-0.2, -0.15) is 0 Å². The molecular weight excluding hydrogens is 416 g/mol. The van der Waals surface area contributed by atoms with E-state index in [1.807, 2.05) is 36.6 Å². The number of hydrogen-bond donors (Lipinski definition) is 1. The zero-order valence-corrected chi connectivity index (χ0v) is 17.7. The Bertz CT molecular complexity index is 1140. The van der Waals surface area contributed by atoms with E-state index in [4.69, 9.17) is 4.74 Å². The predicted octanol–water partition coefficient (Wildman–Crippen LogP) is 5.22. The fraction of sp³-hybridized carbons (Fsp3) is 0.0909. The highest BCUT2D eigenvalue weighted by molar-refractivity contribution is 7.99. The Labute approximate surface area is 182 Å². The van der Waals surface area contributed by atoms with Crippen molar-refractivity contribution in [2.45, 2.75) is 23.6 Å². The van der Waals surface area contributed by atoms with Gasteiger partial charge < -0.3 is 10.1 Å². The number of nitrogens with one attached hydrogen (secondary N) is 1. The molecule has 4 rings (SSSR count). The van der Waals surface area contributed by atoms with Crippen molar-refractivity contribution < 1.29 is 9.53 Å². The van der Waals surface area contributed by atoms with Crippen LogP contribution >= 0.6 is 23.1 Å². The highest BCUT2D eigenvalue weighted by Crippen LogP contribution is 2.28. The minimum atomic E-state index is -0.191. The van der Waals surface area contributed by atoms with Gasteiger partial charge in [0.15, 0.2) is 5.16 Å². The van der Waals surface area contributed by atoms with Crippen LogP contribution in [0.1, 0.15) is 21.6 Å². The molecule has 2 heterocycles. The molecule has 150 valence electrons. The van der Waals surface area contributed by atoms with E-state index in [9.17, 15) is 4.79 Å². The van der Waals surface area contributed by atoms with Crippen molar-refractivity contribution in [2.24, 2.45) is 0 Å². The third-order valence-corrected chi connectivity index (χ3v) is 5.68. The van der Waals surface area contributed by atoms with Crippen molar-refractivity contribution in [2.75, 3.05) is 5.32 Å². The number of aryl methyl sites for hydroxylation is 1. The first kappa shape index (κ1) is 20.1. The number of carbonyl (C=O) groups is 1. The minimum absolute atomic E-state index is 0.191. The number of benzene rings is 2. The summed E-state index contributed by atoms with van der Waals surface area (Å²) in [5, 5.41) is 5.59. The molecule has 0 spiro atoms. The molecule has 0 unspecified atom stereocenters. The van der Waals surface area contributed by atoms with E-state index >= 15 is 0 Å². The van der Waals surface area contributed by atoms with Crippen LogP contribution in [0.15, 0.2) is 81.9 Å². The maximum absolute atomic E-state index is 12.7. The molecular formula is C22H18N4O2S2. The largest absolute Gasteiger partial charge is 0.487 e. The molecule has 0 aliphatic carbocycles. The highest BCUT2D eigenvalue weighted by atomic mass is 32.2. The van der Waals surface area contributed by atoms with Crippen molar-refractivity contribution in [3.05, 3.63) is 88.6 Å². The molecule has 0 fully saturated rings. The van der Waals surface area contributed by atoms with Crippen LogP contribution in [-0.4, -0.2) is 20.9 Å². The summed E-state index contributed by atoms with van der Waals surface area (Å²) in [4.78, 5) is 26.4. The smallest absolute Gasteiger partial charge is 0.255 e. The molecule has 0 bridgehead atoms. The van der Waals surface area contributed by atoms with Crippen LogP contribution in [0.4, 0.5) is 5.69 Å². The third-order valence-electron chi connectivity index (χ3n) is 4.16. The number of anilines is 1. The van der Waals surface area contributed by atoms with E-state index in [-0.39, 0.29) is 5.91 Å². The van der Waals surface area contributed by atoms with Crippen LogP contribution in [0.25, 0.3) is 0 Å². The van der Waals surface area contributed by atoms with Gasteiger partial charge in [-0.05, 0) is 66.7 Å². The molecule has 6 nitrogen and oxygen atoms in total. The van der Waals surface area contributed by atoms with E-state index < -0.39 is 0 Å². The fourth-order valence-corrected chi connectivity index (χ4v) is 4.02. The molecule has 2 aromatic carbocycles. The lowest BCUT2D eigenvalue weighted by molar-refractivity contribution is 0.102. The second kappa shape index (κ2) is 9.51. The lowest BCUT2D eigenvalue weighted by atomic mass is 10.1. The molecule has 2 aromatic heterocycles. The van der Waals surface area contributed by atoms with Crippen molar-refractivity contribution in [3.8, 4) is 5.75 Å². The monoisotopic (exact) mass is 434 g/mol. The Morgan fingerprint density at radius 3 is 2.73 bits per heavy atom. The maximum Gasteiger partial charge on any atom is 0.255 e. The highest BCUT2D eigenvalue weighted by Gasteiger charge is 2.10. The van der Waals surface area contributed by atoms with Gasteiger partial charge >= 0.3 is 0 Å². The molecule has 4 aromatic rings. The summed E-state index contributed by atoms with van der Waals surface area (Å²) in [6, 6.07) is 14.7. The van der Waals surface area contributed by atoms with Crippen LogP contribution < -0.4 is 10.1 Å². The molecule has 0 aliphatic heterocycles. The van der Waals surface area contributed by atoms with Gasteiger partial charge in [0.1, 0.15) is 12.4 Å². The van der Waals surface area contributed by atoms with E-state index in [2.05, 4.69) is 20.3 Å². The van der Waals surface area contributed by atoms with Crippen LogP contribution in [0.2, 0.25) is 0 Å². The van der Waals surface area contributed by atoms with Gasteiger partial charge in [-0.25, -0.2) is 15.0 Å². The molecule has 0 radical (unpaired) electrons. The maximum atomic E-state index is 12.7. The van der Waals surface area contributed by atoms with Gasteiger partial charge in [0, 0.05) is 33.9 Å². The summed E-state index contributed by atoms with van der Waals surface area (Å²) < 4.78 is 5.74. The number of hydrogen-bond acceptors (Lipinski definition) is 7. The first-order valence-corrected chi connectivity index (χ1v) is 10.9. The molecule has 0 saturated heterocycles. The van der Waals surface area contributed by atoms with Gasteiger partial charge in [-0.15, -0.1) is 11.3 Å². The van der Waals surface area contributed by atoms with Gasteiger partial charge in [-0.1, -0.05) is 6.07 Å². The molecule has 1 amide bonds. The third kappa shape index (κ3) is 5.22. The van der Waals surface area contributed by atoms with Gasteiger partial charge in [-0.3, -0.25) is 4.79 Å². The van der Waals surface area contributed by atoms with E-state index in [1.165, 1.54) is 23.1 Å². The van der Waals surface area contributed by atoms with Gasteiger partial charge in [0.2, 0.25) is 0 Å². The SMILES string of the molecule is Cc1cc(Sc2ncccn2)ccc1NC(=O)c1cccc(OCc2cscn2)c1. The van der Waals surface area contributed by atoms with Crippen LogP contribution in [-0.2, 0) is 6.61 Å². The molecule has 8 heteroatoms. The normalized spacial score (nSPS) is 10.6. The van der Waals surface area contributed by atoms with Crippen molar-refractivity contribution in [3.63, 3.8) is 0 Å². The quantitative estimate of drug-likeness (QED) is 0.402. The number of ether oxygens (including phenoxy) is 1. The Morgan fingerprint density at radius 1 is 1.10 bits per heavy atom. The summed E-state index contributed by atoms with van der Waals surface area (Å²) in [5.41, 5.74) is 4.87. The second-order valence-electron chi connectivity index (χ2n) is 6.36. The zero-order chi connectivity index (χ0) is 20.8. The Morgan fingerprint density at radius 2 is 1.97 bits per heavy atom. The molecule has 0 aliphatic rings. The summed E-state index contributed by atoms with van der Waals surface area (Å²) in [6.45, 7) is 2.33. The average Bonchev–Trinajstić information content (AvgIpc) is 3.29. The number of rotatable bonds is 7. The van der Waals surface area contributed by atoms with Crippen molar-refractivity contribution in [1.29, 1.82) is 0 Å². The molecule has 0 atom stereocenters. The number of carbonyl (C=O) groups excluding carboxylic acids is 1. The first-order chi connectivity index (χ1) is 14.7. The number of amides is 1. The number of thiazole rings is 1. The Balaban J connectivity index is 1.41. The van der Waals surface area contributed by atoms with E-state index in [1.54, 1.807) is 42.2 Å². The van der Waals surface area contributed by atoms with Crippen molar-refractivity contribution in [1.82, 2.24) is 15.0 Å². The molecule has 1 N–H and O–H groups in total. The van der Waals surface area contributed by atoms with Crippen molar-refractivity contribution >= 4 is 34.7 Å². The summed E-state index contributed by atoms with van der Waals surface area (Å²) in [6.07, 6.45) is 3.43. The van der Waals surface area contributed by atoms with Crippen LogP contribution in [0, 0.1) is 6.92 Å². The summed E-state index contributed by atoms with van der Waals surface area (Å²) >= 11 is 3.00. The first-order valence-electron chi connectivity index (χ1n) is 9.14. The topological polar surface area (TPSA) is 77.0 Å². The second-order valence-corrected chi connectivity index (χ2v) is 8.12. The minimum Gasteiger partial charge on any atom is -0.487 e. The number of aromatic nitrogens is 3. The standard InChI is InChI=1S/C22H18N4O2S2/c1-15-10-19(30-22-23-8-3-9-24-22)6-7-20(15)26-21(27)16-4-2-5-18(11-16)28-12-17-13-29-14-25-17/h2-11,13-14H,12H2,1H3,(H,26,27). The summed E-state index contributed by atoms with van der Waals surface area (Å²) in [7, 11) is 0. The Kier molecular flexibility index (Phi) is 6.36. The van der Waals surface area contributed by atoms with Crippen LogP contribution in [0.3, 0.4) is 0 Å². The lowest BCUT2D eigenvalue weighted by Crippen LogP contribution is -2.13. The molecule has 30 heavy (non-hydrogen) atoms. The van der Waals surface area contributed by atoms with E-state index in [0.717, 1.165) is 21.8 Å². The Hall–Kier alpha value is -3.23. The van der Waals surface area contributed by atoms with E-state index in [0.29, 0.717) is 23.1 Å².